The van der Waals surface area contributed by atoms with Crippen molar-refractivity contribution in [3.05, 3.63) is 0 Å². The van der Waals surface area contributed by atoms with Crippen LogP contribution in [-0.2, 0) is 9.53 Å². The van der Waals surface area contributed by atoms with Gasteiger partial charge in [-0.15, -0.1) is 11.8 Å². The van der Waals surface area contributed by atoms with Crippen LogP contribution in [0.2, 0.25) is 0 Å². The van der Waals surface area contributed by atoms with Crippen molar-refractivity contribution in [2.75, 3.05) is 32.6 Å². The molecule has 0 radical (unpaired) electrons. The van der Waals surface area contributed by atoms with Crippen LogP contribution in [0.25, 0.3) is 0 Å². The topological polar surface area (TPSA) is 70.1 Å². The first-order chi connectivity index (χ1) is 9.02. The number of hydrogen-bond donors (Lipinski definition) is 1. The number of nitrogens with zero attached hydrogens (tertiary/aromatic N) is 2. The number of aliphatic carboxylic acids is 1. The van der Waals surface area contributed by atoms with Crippen molar-refractivity contribution in [2.45, 2.75) is 31.7 Å². The minimum Gasteiger partial charge on any atom is -0.480 e. The van der Waals surface area contributed by atoms with Crippen molar-refractivity contribution in [2.24, 2.45) is 0 Å². The lowest BCUT2D eigenvalue weighted by atomic mass is 10.2. The molecule has 0 aromatic carbocycles. The number of urea groups is 1. The summed E-state index contributed by atoms with van der Waals surface area (Å²) >= 11 is 1.53. The molecule has 1 aliphatic heterocycles. The van der Waals surface area contributed by atoms with E-state index in [0.29, 0.717) is 25.5 Å². The second-order valence-electron chi connectivity index (χ2n) is 4.36. The van der Waals surface area contributed by atoms with E-state index >= 15 is 0 Å². The molecule has 1 heterocycles. The Bertz CT molecular complexity index is 327. The molecule has 19 heavy (non-hydrogen) atoms. The third kappa shape index (κ3) is 4.01. The zero-order valence-corrected chi connectivity index (χ0v) is 12.5. The molecule has 1 rings (SSSR count). The number of likely N-dealkylation sites (N-methyl/N-ethyl adjacent to an activating group) is 1. The van der Waals surface area contributed by atoms with Crippen molar-refractivity contribution in [3.8, 4) is 0 Å². The van der Waals surface area contributed by atoms with Gasteiger partial charge in [0.15, 0.2) is 0 Å². The number of hydrogen-bond acceptors (Lipinski definition) is 4. The molecular formula is C12H22N2O4S. The zero-order valence-electron chi connectivity index (χ0n) is 11.7. The lowest BCUT2D eigenvalue weighted by Crippen LogP contribution is -2.51. The number of carbonyl (C=O) groups is 2. The van der Waals surface area contributed by atoms with E-state index in [-0.39, 0.29) is 11.4 Å². The molecule has 7 heteroatoms. The van der Waals surface area contributed by atoms with Gasteiger partial charge in [-0.1, -0.05) is 6.92 Å². The van der Waals surface area contributed by atoms with Gasteiger partial charge in [-0.05, 0) is 13.3 Å². The number of carboxylic acid groups (broad SMARTS) is 1. The molecule has 1 aliphatic rings. The van der Waals surface area contributed by atoms with E-state index < -0.39 is 12.0 Å². The Hall–Kier alpha value is -0.950. The van der Waals surface area contributed by atoms with Crippen molar-refractivity contribution in [1.29, 1.82) is 0 Å². The van der Waals surface area contributed by atoms with E-state index in [0.717, 1.165) is 6.42 Å². The maximum absolute atomic E-state index is 12.3. The third-order valence-corrected chi connectivity index (χ3v) is 4.50. The van der Waals surface area contributed by atoms with Crippen LogP contribution in [0.4, 0.5) is 4.79 Å². The Morgan fingerprint density at radius 1 is 1.47 bits per heavy atom. The van der Waals surface area contributed by atoms with E-state index in [4.69, 9.17) is 4.74 Å². The fourth-order valence-corrected chi connectivity index (χ4v) is 3.30. The molecule has 110 valence electrons. The summed E-state index contributed by atoms with van der Waals surface area (Å²) in [6.45, 7) is 5.40. The van der Waals surface area contributed by atoms with Crippen LogP contribution in [-0.4, -0.2) is 70.9 Å². The fourth-order valence-electron chi connectivity index (χ4n) is 1.96. The molecule has 2 amide bonds. The van der Waals surface area contributed by atoms with Gasteiger partial charge in [0.25, 0.3) is 0 Å². The summed E-state index contributed by atoms with van der Waals surface area (Å²) in [6.07, 6.45) is 0.749. The average Bonchev–Trinajstić information content (AvgIpc) is 2.81. The van der Waals surface area contributed by atoms with Gasteiger partial charge >= 0.3 is 12.0 Å². The van der Waals surface area contributed by atoms with Gasteiger partial charge in [0.05, 0.1) is 12.0 Å². The quantitative estimate of drug-likeness (QED) is 0.747. The monoisotopic (exact) mass is 290 g/mol. The van der Waals surface area contributed by atoms with Gasteiger partial charge in [0, 0.05) is 26.0 Å². The molecule has 2 atom stereocenters. The number of carboxylic acids is 1. The van der Waals surface area contributed by atoms with Gasteiger partial charge in [-0.3, -0.25) is 4.90 Å². The van der Waals surface area contributed by atoms with Crippen molar-refractivity contribution in [1.82, 2.24) is 9.80 Å². The van der Waals surface area contributed by atoms with Crippen molar-refractivity contribution >= 4 is 23.8 Å². The van der Waals surface area contributed by atoms with Crippen LogP contribution < -0.4 is 0 Å². The summed E-state index contributed by atoms with van der Waals surface area (Å²) in [4.78, 5) is 26.6. The molecule has 0 saturated carbocycles. The molecule has 0 aliphatic carbocycles. The molecule has 0 aromatic rings. The number of amides is 2. The normalized spacial score (nSPS) is 22.6. The number of thioether (sulfide) groups is 1. The molecule has 1 N–H and O–H groups in total. The smallest absolute Gasteiger partial charge is 0.327 e. The summed E-state index contributed by atoms with van der Waals surface area (Å²) in [6, 6.07) is -0.957. The molecular weight excluding hydrogens is 268 g/mol. The van der Waals surface area contributed by atoms with Crippen LogP contribution in [0.15, 0.2) is 0 Å². The maximum atomic E-state index is 12.3. The summed E-state index contributed by atoms with van der Waals surface area (Å²) in [5, 5.41) is 9.14. The van der Waals surface area contributed by atoms with Crippen LogP contribution in [0.3, 0.4) is 0 Å². The Morgan fingerprint density at radius 3 is 2.68 bits per heavy atom. The fraction of sp³-hybridized carbons (Fsp3) is 0.833. The molecule has 1 saturated heterocycles. The molecule has 0 spiro atoms. The molecule has 6 nitrogen and oxygen atoms in total. The average molecular weight is 290 g/mol. The largest absolute Gasteiger partial charge is 0.480 e. The van der Waals surface area contributed by atoms with Crippen LogP contribution in [0, 0.1) is 0 Å². The highest BCUT2D eigenvalue weighted by Crippen LogP contribution is 2.32. The minimum atomic E-state index is -0.935. The first kappa shape index (κ1) is 16.1. The van der Waals surface area contributed by atoms with Gasteiger partial charge in [0.2, 0.25) is 0 Å². The Balaban J connectivity index is 2.67. The Kier molecular flexibility index (Phi) is 6.44. The van der Waals surface area contributed by atoms with Crippen molar-refractivity contribution in [3.63, 3.8) is 0 Å². The first-order valence-corrected chi connectivity index (χ1v) is 7.53. The van der Waals surface area contributed by atoms with Crippen molar-refractivity contribution < 1.29 is 19.4 Å². The standard InChI is InChI=1S/C12H22N2O4S/c1-4-10-14(9(8-19-10)11(15)16)12(17)13(3)6-7-18-5-2/h9-10H,4-8H2,1-3H3,(H,15,16). The Labute approximate surface area is 118 Å². The predicted octanol–water partition coefficient (Wildman–Crippen LogP) is 1.31. The number of carbonyl (C=O) groups excluding carboxylic acids is 1. The van der Waals surface area contributed by atoms with E-state index in [1.54, 1.807) is 7.05 Å². The minimum absolute atomic E-state index is 0.0526. The zero-order chi connectivity index (χ0) is 14.4. The summed E-state index contributed by atoms with van der Waals surface area (Å²) in [7, 11) is 1.68. The van der Waals surface area contributed by atoms with Gasteiger partial charge in [-0.2, -0.15) is 0 Å². The predicted molar refractivity (Wildman–Crippen MR) is 74.3 cm³/mol. The highest BCUT2D eigenvalue weighted by molar-refractivity contribution is 8.00. The van der Waals surface area contributed by atoms with E-state index in [1.165, 1.54) is 21.6 Å². The molecule has 0 aromatic heterocycles. The second kappa shape index (κ2) is 7.59. The Morgan fingerprint density at radius 2 is 2.16 bits per heavy atom. The van der Waals surface area contributed by atoms with Gasteiger partial charge in [0.1, 0.15) is 6.04 Å². The first-order valence-electron chi connectivity index (χ1n) is 6.48. The van der Waals surface area contributed by atoms with Gasteiger partial charge < -0.3 is 14.7 Å². The van der Waals surface area contributed by atoms with Crippen LogP contribution in [0.5, 0.6) is 0 Å². The third-order valence-electron chi connectivity index (χ3n) is 3.05. The van der Waals surface area contributed by atoms with E-state index in [2.05, 4.69) is 0 Å². The summed E-state index contributed by atoms with van der Waals surface area (Å²) in [5.41, 5.74) is 0. The molecule has 2 unspecified atom stereocenters. The number of ether oxygens (including phenoxy) is 1. The molecule has 0 bridgehead atoms. The van der Waals surface area contributed by atoms with E-state index in [9.17, 15) is 14.7 Å². The highest BCUT2D eigenvalue weighted by Gasteiger charge is 2.41. The number of rotatable bonds is 6. The highest BCUT2D eigenvalue weighted by atomic mass is 32.2. The van der Waals surface area contributed by atoms with Crippen LogP contribution >= 0.6 is 11.8 Å². The van der Waals surface area contributed by atoms with Gasteiger partial charge in [-0.25, -0.2) is 9.59 Å². The summed E-state index contributed by atoms with van der Waals surface area (Å²) < 4.78 is 5.21. The molecule has 1 fully saturated rings. The maximum Gasteiger partial charge on any atom is 0.327 e. The van der Waals surface area contributed by atoms with E-state index in [1.807, 2.05) is 13.8 Å². The van der Waals surface area contributed by atoms with Crippen LogP contribution in [0.1, 0.15) is 20.3 Å². The summed E-state index contributed by atoms with van der Waals surface area (Å²) in [5.74, 6) is -0.478. The second-order valence-corrected chi connectivity index (χ2v) is 5.57. The lowest BCUT2D eigenvalue weighted by Gasteiger charge is -2.31. The lowest BCUT2D eigenvalue weighted by molar-refractivity contribution is -0.141. The SMILES string of the molecule is CCOCCN(C)C(=O)N1C(CC)SCC1C(=O)O.